The van der Waals surface area contributed by atoms with E-state index in [4.69, 9.17) is 5.73 Å². The van der Waals surface area contributed by atoms with Gasteiger partial charge in [0.05, 0.1) is 0 Å². The van der Waals surface area contributed by atoms with Crippen LogP contribution in [-0.4, -0.2) is 19.0 Å². The number of rotatable bonds is 4. The van der Waals surface area contributed by atoms with Crippen LogP contribution in [0.3, 0.4) is 0 Å². The van der Waals surface area contributed by atoms with Gasteiger partial charge in [-0.05, 0) is 18.8 Å². The first-order valence-corrected chi connectivity index (χ1v) is 4.95. The normalized spacial score (nSPS) is 20.2. The summed E-state index contributed by atoms with van der Waals surface area (Å²) < 4.78 is 0. The molecule has 1 unspecified atom stereocenters. The number of carbonyl (C=O) groups excluding carboxylic acids is 1. The molecule has 13 heavy (non-hydrogen) atoms. The lowest BCUT2D eigenvalue weighted by molar-refractivity contribution is -0.122. The Bertz CT molecular complexity index is 166. The van der Waals surface area contributed by atoms with Crippen LogP contribution >= 0.6 is 0 Å². The Morgan fingerprint density at radius 1 is 1.54 bits per heavy atom. The van der Waals surface area contributed by atoms with E-state index in [9.17, 15) is 4.79 Å². The summed E-state index contributed by atoms with van der Waals surface area (Å²) in [5, 5.41) is 0. The fraction of sp³-hybridized carbons (Fsp3) is 0.889. The Balaban J connectivity index is 2.22. The van der Waals surface area contributed by atoms with E-state index < -0.39 is 0 Å². The van der Waals surface area contributed by atoms with Gasteiger partial charge in [0.2, 0.25) is 5.91 Å². The Kier molecular flexibility index (Phi) is 4.18. The number of hydrogen-bond donors (Lipinski definition) is 3. The van der Waals surface area contributed by atoms with Gasteiger partial charge >= 0.3 is 0 Å². The molecular formula is C9H19N3O. The molecular weight excluding hydrogens is 166 g/mol. The highest BCUT2D eigenvalue weighted by molar-refractivity contribution is 5.75. The van der Waals surface area contributed by atoms with E-state index >= 15 is 0 Å². The van der Waals surface area contributed by atoms with Gasteiger partial charge in [0, 0.05) is 19.5 Å². The van der Waals surface area contributed by atoms with Crippen molar-refractivity contribution in [1.82, 2.24) is 10.9 Å². The fourth-order valence-electron chi connectivity index (χ4n) is 1.96. The van der Waals surface area contributed by atoms with Gasteiger partial charge in [-0.25, -0.2) is 5.43 Å². The predicted octanol–water partition coefficient (Wildman–Crippen LogP) is 0.145. The number of nitrogens with one attached hydrogen (secondary N) is 2. The maximum atomic E-state index is 11.2. The lowest BCUT2D eigenvalue weighted by Gasteiger charge is -2.17. The maximum absolute atomic E-state index is 11.2. The lowest BCUT2D eigenvalue weighted by atomic mass is 9.96. The number of carbonyl (C=O) groups is 1. The summed E-state index contributed by atoms with van der Waals surface area (Å²) in [6.07, 6.45) is 5.35. The van der Waals surface area contributed by atoms with Crippen molar-refractivity contribution in [3.8, 4) is 0 Å². The summed E-state index contributed by atoms with van der Waals surface area (Å²) in [7, 11) is 1.68. The average molecular weight is 185 g/mol. The van der Waals surface area contributed by atoms with Gasteiger partial charge in [-0.2, -0.15) is 0 Å². The van der Waals surface area contributed by atoms with E-state index in [0.717, 1.165) is 0 Å². The second kappa shape index (κ2) is 5.19. The Morgan fingerprint density at radius 2 is 2.15 bits per heavy atom. The van der Waals surface area contributed by atoms with Crippen LogP contribution in [0.2, 0.25) is 0 Å². The minimum Gasteiger partial charge on any atom is -0.327 e. The van der Waals surface area contributed by atoms with Gasteiger partial charge in [-0.1, -0.05) is 12.8 Å². The van der Waals surface area contributed by atoms with Crippen LogP contribution in [0, 0.1) is 5.92 Å². The molecule has 1 amide bonds. The van der Waals surface area contributed by atoms with Crippen molar-refractivity contribution < 1.29 is 4.79 Å². The minimum absolute atomic E-state index is 0.0121. The summed E-state index contributed by atoms with van der Waals surface area (Å²) in [4.78, 5) is 11.2. The number of hydrazine groups is 1. The SMILES string of the molecule is CNNC(=O)CC(N)C1CCCC1. The average Bonchev–Trinajstić information content (AvgIpc) is 2.55. The highest BCUT2D eigenvalue weighted by Gasteiger charge is 2.23. The second-order valence-electron chi connectivity index (χ2n) is 3.71. The first-order chi connectivity index (χ1) is 6.24. The van der Waals surface area contributed by atoms with E-state index in [1.165, 1.54) is 25.7 Å². The molecule has 0 heterocycles. The zero-order chi connectivity index (χ0) is 9.68. The molecule has 0 bridgehead atoms. The Labute approximate surface area is 79.2 Å². The van der Waals surface area contributed by atoms with Crippen molar-refractivity contribution in [3.63, 3.8) is 0 Å². The van der Waals surface area contributed by atoms with E-state index in [1.807, 2.05) is 0 Å². The molecule has 1 fully saturated rings. The fourth-order valence-corrected chi connectivity index (χ4v) is 1.96. The number of hydrogen-bond acceptors (Lipinski definition) is 3. The lowest BCUT2D eigenvalue weighted by Crippen LogP contribution is -2.40. The van der Waals surface area contributed by atoms with Gasteiger partial charge in [-0.15, -0.1) is 0 Å². The molecule has 1 saturated carbocycles. The standard InChI is InChI=1S/C9H19N3O/c1-11-12-9(13)6-8(10)7-4-2-3-5-7/h7-8,11H,2-6,10H2,1H3,(H,12,13). The number of amides is 1. The van der Waals surface area contributed by atoms with Gasteiger partial charge in [0.15, 0.2) is 0 Å². The molecule has 1 atom stereocenters. The van der Waals surface area contributed by atoms with Crippen molar-refractivity contribution in [3.05, 3.63) is 0 Å². The molecule has 4 N–H and O–H groups in total. The van der Waals surface area contributed by atoms with Gasteiger partial charge < -0.3 is 5.73 Å². The van der Waals surface area contributed by atoms with Crippen LogP contribution < -0.4 is 16.6 Å². The zero-order valence-corrected chi connectivity index (χ0v) is 8.18. The smallest absolute Gasteiger partial charge is 0.235 e. The molecule has 0 spiro atoms. The van der Waals surface area contributed by atoms with Crippen molar-refractivity contribution >= 4 is 5.91 Å². The van der Waals surface area contributed by atoms with Crippen molar-refractivity contribution in [1.29, 1.82) is 0 Å². The van der Waals surface area contributed by atoms with Gasteiger partial charge in [-0.3, -0.25) is 10.2 Å². The highest BCUT2D eigenvalue weighted by Crippen LogP contribution is 2.27. The molecule has 1 aliphatic carbocycles. The van der Waals surface area contributed by atoms with Crippen LogP contribution in [-0.2, 0) is 4.79 Å². The van der Waals surface area contributed by atoms with Gasteiger partial charge in [0.1, 0.15) is 0 Å². The maximum Gasteiger partial charge on any atom is 0.235 e. The van der Waals surface area contributed by atoms with E-state index in [2.05, 4.69) is 10.9 Å². The van der Waals surface area contributed by atoms with Crippen molar-refractivity contribution in [2.24, 2.45) is 11.7 Å². The van der Waals surface area contributed by atoms with Crippen LogP contribution in [0.1, 0.15) is 32.1 Å². The quantitative estimate of drug-likeness (QED) is 0.546. The summed E-state index contributed by atoms with van der Waals surface area (Å²) in [5.41, 5.74) is 11.1. The molecule has 4 nitrogen and oxygen atoms in total. The zero-order valence-electron chi connectivity index (χ0n) is 8.18. The van der Waals surface area contributed by atoms with Crippen LogP contribution in [0.4, 0.5) is 0 Å². The summed E-state index contributed by atoms with van der Waals surface area (Å²) in [6, 6.07) is 0.0378. The molecule has 4 heteroatoms. The first kappa shape index (κ1) is 10.5. The van der Waals surface area contributed by atoms with Gasteiger partial charge in [0.25, 0.3) is 0 Å². The largest absolute Gasteiger partial charge is 0.327 e. The minimum atomic E-state index is -0.0121. The van der Waals surface area contributed by atoms with Crippen molar-refractivity contribution in [2.45, 2.75) is 38.1 Å². The molecule has 0 aromatic carbocycles. The molecule has 0 aromatic heterocycles. The van der Waals surface area contributed by atoms with Crippen LogP contribution in [0.5, 0.6) is 0 Å². The summed E-state index contributed by atoms with van der Waals surface area (Å²) in [5.74, 6) is 0.546. The third-order valence-corrected chi connectivity index (χ3v) is 2.69. The van der Waals surface area contributed by atoms with Crippen LogP contribution in [0.15, 0.2) is 0 Å². The van der Waals surface area contributed by atoms with E-state index in [1.54, 1.807) is 7.05 Å². The van der Waals surface area contributed by atoms with E-state index in [0.29, 0.717) is 12.3 Å². The third kappa shape index (κ3) is 3.32. The summed E-state index contributed by atoms with van der Waals surface area (Å²) >= 11 is 0. The molecule has 76 valence electrons. The monoisotopic (exact) mass is 185 g/mol. The topological polar surface area (TPSA) is 67.1 Å². The Hall–Kier alpha value is -0.610. The van der Waals surface area contributed by atoms with Crippen molar-refractivity contribution in [2.75, 3.05) is 7.05 Å². The predicted molar refractivity (Wildman–Crippen MR) is 51.8 cm³/mol. The molecule has 0 aliphatic heterocycles. The number of nitrogens with two attached hydrogens (primary N) is 1. The molecule has 0 radical (unpaired) electrons. The summed E-state index contributed by atoms with van der Waals surface area (Å²) in [6.45, 7) is 0. The third-order valence-electron chi connectivity index (χ3n) is 2.69. The Morgan fingerprint density at radius 3 is 2.69 bits per heavy atom. The second-order valence-corrected chi connectivity index (χ2v) is 3.71. The molecule has 1 rings (SSSR count). The first-order valence-electron chi connectivity index (χ1n) is 4.95. The van der Waals surface area contributed by atoms with E-state index in [-0.39, 0.29) is 11.9 Å². The molecule has 0 saturated heterocycles. The molecule has 1 aliphatic rings. The van der Waals surface area contributed by atoms with Crippen LogP contribution in [0.25, 0.3) is 0 Å². The molecule has 0 aromatic rings. The highest BCUT2D eigenvalue weighted by atomic mass is 16.2.